The number of aromatic nitrogens is 1. The molecule has 9 heteroatoms. The van der Waals surface area contributed by atoms with Gasteiger partial charge < -0.3 is 4.74 Å². The first-order valence-electron chi connectivity index (χ1n) is 12.4. The molecule has 0 amide bonds. The molecular formula is C31H22F7NO. The minimum absolute atomic E-state index is 0.0479. The Balaban J connectivity index is 1.49. The van der Waals surface area contributed by atoms with Gasteiger partial charge in [-0.2, -0.15) is 8.78 Å². The van der Waals surface area contributed by atoms with E-state index in [2.05, 4.69) is 28.5 Å². The van der Waals surface area contributed by atoms with Crippen LogP contribution in [0.4, 0.5) is 30.7 Å². The molecule has 40 heavy (non-hydrogen) atoms. The number of hydrogen-bond acceptors (Lipinski definition) is 2. The van der Waals surface area contributed by atoms with Crippen molar-refractivity contribution < 1.29 is 35.5 Å². The lowest BCUT2D eigenvalue weighted by Gasteiger charge is -2.20. The van der Waals surface area contributed by atoms with Crippen molar-refractivity contribution >= 4 is 0 Å². The molecule has 4 rings (SSSR count). The Labute approximate surface area is 226 Å². The topological polar surface area (TPSA) is 22.1 Å². The van der Waals surface area contributed by atoms with E-state index in [1.54, 1.807) is 18.3 Å². The van der Waals surface area contributed by atoms with Crippen molar-refractivity contribution in [3.05, 3.63) is 118 Å². The Morgan fingerprint density at radius 3 is 1.98 bits per heavy atom. The molecule has 0 atom stereocenters. The van der Waals surface area contributed by atoms with Crippen molar-refractivity contribution in [3.63, 3.8) is 0 Å². The first-order chi connectivity index (χ1) is 19.1. The zero-order valence-corrected chi connectivity index (χ0v) is 21.2. The highest BCUT2D eigenvalue weighted by atomic mass is 19.3. The molecule has 0 aliphatic carbocycles. The molecule has 1 aromatic heterocycles. The lowest BCUT2D eigenvalue weighted by Crippen LogP contribution is -2.25. The van der Waals surface area contributed by atoms with Gasteiger partial charge in [0, 0.05) is 23.9 Å². The second-order valence-electron chi connectivity index (χ2n) is 8.97. The van der Waals surface area contributed by atoms with Crippen LogP contribution >= 0.6 is 0 Å². The molecule has 0 fully saturated rings. The predicted molar refractivity (Wildman–Crippen MR) is 136 cm³/mol. The van der Waals surface area contributed by atoms with Crippen LogP contribution in [-0.2, 0) is 12.5 Å². The first-order valence-corrected chi connectivity index (χ1v) is 12.4. The average molecular weight is 558 g/mol. The predicted octanol–water partition coefficient (Wildman–Crippen LogP) is 8.70. The molecule has 206 valence electrons. The molecular weight excluding hydrogens is 535 g/mol. The molecule has 4 aromatic rings. The van der Waals surface area contributed by atoms with Gasteiger partial charge in [0.15, 0.2) is 17.5 Å². The van der Waals surface area contributed by atoms with Crippen molar-refractivity contribution in [2.45, 2.75) is 38.7 Å². The number of aryl methyl sites for hydroxylation is 1. The summed E-state index contributed by atoms with van der Waals surface area (Å²) in [5.74, 6) is -4.09. The zero-order valence-electron chi connectivity index (χ0n) is 21.2. The second kappa shape index (κ2) is 12.2. The first kappa shape index (κ1) is 28.7. The summed E-state index contributed by atoms with van der Waals surface area (Å²) in [6.07, 6.45) is 1.48. The molecule has 0 radical (unpaired) electrons. The van der Waals surface area contributed by atoms with Crippen LogP contribution in [0.15, 0.2) is 66.9 Å². The fourth-order valence-electron chi connectivity index (χ4n) is 3.92. The van der Waals surface area contributed by atoms with Crippen molar-refractivity contribution in [1.82, 2.24) is 4.98 Å². The van der Waals surface area contributed by atoms with Crippen LogP contribution in [0.2, 0.25) is 0 Å². The Morgan fingerprint density at radius 1 is 0.750 bits per heavy atom. The average Bonchev–Trinajstić information content (AvgIpc) is 2.91. The SMILES string of the molecule is CCCCCc1ccc(C#Cc2ccc(-c3cc(F)c(C(F)(F)Oc4cc(F)c(F)c(F)c4)c(F)c3)cc2)nc1. The van der Waals surface area contributed by atoms with Gasteiger partial charge in [-0.25, -0.2) is 26.9 Å². The smallest absolute Gasteiger partial charge is 0.429 e. The van der Waals surface area contributed by atoms with E-state index < -0.39 is 46.5 Å². The molecule has 2 nitrogen and oxygen atoms in total. The van der Waals surface area contributed by atoms with E-state index in [1.165, 1.54) is 12.1 Å². The van der Waals surface area contributed by atoms with Gasteiger partial charge in [0.25, 0.3) is 0 Å². The summed E-state index contributed by atoms with van der Waals surface area (Å²) >= 11 is 0. The highest BCUT2D eigenvalue weighted by molar-refractivity contribution is 5.65. The van der Waals surface area contributed by atoms with E-state index in [0.717, 1.165) is 31.2 Å². The van der Waals surface area contributed by atoms with Crippen molar-refractivity contribution in [3.8, 4) is 28.7 Å². The largest absolute Gasteiger partial charge is 0.432 e. The van der Waals surface area contributed by atoms with E-state index in [0.29, 0.717) is 29.0 Å². The fourth-order valence-corrected chi connectivity index (χ4v) is 3.92. The molecule has 0 N–H and O–H groups in total. The fraction of sp³-hybridized carbons (Fsp3) is 0.194. The summed E-state index contributed by atoms with van der Waals surface area (Å²) in [5, 5.41) is 0. The number of pyridine rings is 1. The maximum absolute atomic E-state index is 14.7. The lowest BCUT2D eigenvalue weighted by atomic mass is 10.0. The molecule has 1 heterocycles. The van der Waals surface area contributed by atoms with Crippen molar-refractivity contribution in [2.24, 2.45) is 0 Å². The molecule has 0 saturated heterocycles. The van der Waals surface area contributed by atoms with E-state index in [4.69, 9.17) is 0 Å². The number of rotatable bonds is 8. The molecule has 0 aliphatic rings. The van der Waals surface area contributed by atoms with Gasteiger partial charge in [-0.1, -0.05) is 43.9 Å². The second-order valence-corrected chi connectivity index (χ2v) is 8.97. The summed E-state index contributed by atoms with van der Waals surface area (Å²) < 4.78 is 102. The standard InChI is InChI=1S/C31H22F7NO/c1-2-3-4-5-20-9-13-23(39-18-20)12-8-19-6-10-21(11-7-19)22-14-25(32)29(26(33)15-22)31(37,38)40-24-16-27(34)30(36)28(35)17-24/h6-7,9-11,13-18H,2-5H2,1H3. The number of halogens is 7. The van der Waals surface area contributed by atoms with Gasteiger partial charge in [0.05, 0.1) is 0 Å². The summed E-state index contributed by atoms with van der Waals surface area (Å²) in [6.45, 7) is 2.14. The van der Waals surface area contributed by atoms with E-state index in [9.17, 15) is 30.7 Å². The summed E-state index contributed by atoms with van der Waals surface area (Å²) in [4.78, 5) is 4.34. The lowest BCUT2D eigenvalue weighted by molar-refractivity contribution is -0.189. The number of ether oxygens (including phenoxy) is 1. The molecule has 0 saturated carbocycles. The molecule has 3 aromatic carbocycles. The number of alkyl halides is 2. The van der Waals surface area contributed by atoms with Crippen molar-refractivity contribution in [1.29, 1.82) is 0 Å². The third kappa shape index (κ3) is 6.81. The zero-order chi connectivity index (χ0) is 28.9. The summed E-state index contributed by atoms with van der Waals surface area (Å²) in [6, 6.07) is 11.7. The van der Waals surface area contributed by atoms with Gasteiger partial charge in [0.2, 0.25) is 0 Å². The van der Waals surface area contributed by atoms with E-state index in [1.807, 2.05) is 12.1 Å². The molecule has 0 bridgehead atoms. The van der Waals surface area contributed by atoms with Crippen LogP contribution in [0.25, 0.3) is 11.1 Å². The van der Waals surface area contributed by atoms with Crippen LogP contribution in [0, 0.1) is 40.9 Å². The minimum atomic E-state index is -4.66. The molecule has 0 spiro atoms. The van der Waals surface area contributed by atoms with E-state index in [-0.39, 0.29) is 17.7 Å². The number of benzene rings is 3. The monoisotopic (exact) mass is 557 g/mol. The summed E-state index contributed by atoms with van der Waals surface area (Å²) in [5.41, 5.74) is 0.806. The number of hydrogen-bond donors (Lipinski definition) is 0. The van der Waals surface area contributed by atoms with Crippen LogP contribution in [0.3, 0.4) is 0 Å². The Hall–Kier alpha value is -4.32. The van der Waals surface area contributed by atoms with E-state index >= 15 is 0 Å². The molecule has 0 unspecified atom stereocenters. The maximum atomic E-state index is 14.7. The van der Waals surface area contributed by atoms with Gasteiger partial charge >= 0.3 is 6.11 Å². The Bertz CT molecular complexity index is 1510. The van der Waals surface area contributed by atoms with Crippen LogP contribution in [0.5, 0.6) is 5.75 Å². The minimum Gasteiger partial charge on any atom is -0.429 e. The van der Waals surface area contributed by atoms with Gasteiger partial charge in [-0.05, 0) is 65.8 Å². The number of nitrogens with zero attached hydrogens (tertiary/aromatic N) is 1. The third-order valence-corrected chi connectivity index (χ3v) is 5.98. The van der Waals surface area contributed by atoms with Gasteiger partial charge in [-0.3, -0.25) is 0 Å². The van der Waals surface area contributed by atoms with Crippen molar-refractivity contribution in [2.75, 3.05) is 0 Å². The van der Waals surface area contributed by atoms with Crippen LogP contribution in [-0.4, -0.2) is 4.98 Å². The van der Waals surface area contributed by atoms with Crippen LogP contribution in [0.1, 0.15) is 48.6 Å². The Morgan fingerprint density at radius 2 is 1.40 bits per heavy atom. The maximum Gasteiger partial charge on any atom is 0.432 e. The molecule has 0 aliphatic heterocycles. The van der Waals surface area contributed by atoms with Crippen LogP contribution < -0.4 is 4.74 Å². The summed E-state index contributed by atoms with van der Waals surface area (Å²) in [7, 11) is 0. The Kier molecular flexibility index (Phi) is 8.78. The number of unbranched alkanes of at least 4 members (excludes halogenated alkanes) is 2. The highest BCUT2D eigenvalue weighted by Crippen LogP contribution is 2.37. The normalized spacial score (nSPS) is 11.2. The highest BCUT2D eigenvalue weighted by Gasteiger charge is 2.41. The van der Waals surface area contributed by atoms with Gasteiger partial charge in [-0.15, -0.1) is 0 Å². The third-order valence-electron chi connectivity index (χ3n) is 5.98. The van der Waals surface area contributed by atoms with Gasteiger partial charge in [0.1, 0.15) is 28.6 Å². The quantitative estimate of drug-likeness (QED) is 0.0936.